The summed E-state index contributed by atoms with van der Waals surface area (Å²) in [5.41, 5.74) is 3.61. The van der Waals surface area contributed by atoms with E-state index in [0.717, 1.165) is 27.8 Å². The molecule has 0 saturated heterocycles. The number of carbonyl (C=O) groups excluding carboxylic acids is 2. The largest absolute Gasteiger partial charge is 0.325 e. The number of rotatable bonds is 5. The Hall–Kier alpha value is -2.14. The van der Waals surface area contributed by atoms with Crippen LogP contribution in [0.3, 0.4) is 0 Å². The lowest BCUT2D eigenvalue weighted by Crippen LogP contribution is -2.37. The van der Waals surface area contributed by atoms with Crippen molar-refractivity contribution in [2.45, 2.75) is 27.2 Å². The number of hydrogen-bond donors (Lipinski definition) is 1. The lowest BCUT2D eigenvalue weighted by Gasteiger charge is -2.22. The van der Waals surface area contributed by atoms with Crippen LogP contribution in [0.15, 0.2) is 46.9 Å². The van der Waals surface area contributed by atoms with Crippen molar-refractivity contribution in [3.05, 3.63) is 58.1 Å². The Morgan fingerprint density at radius 3 is 2.33 bits per heavy atom. The minimum absolute atomic E-state index is 0.0205. The van der Waals surface area contributed by atoms with Gasteiger partial charge in [-0.25, -0.2) is 0 Å². The highest BCUT2D eigenvalue weighted by Crippen LogP contribution is 2.24. The number of amides is 2. The van der Waals surface area contributed by atoms with Crippen LogP contribution in [-0.2, 0) is 16.0 Å². The average molecular weight is 389 g/mol. The SMILES string of the molecule is CCc1ccc(NC(=O)CN(C(C)=O)c2ccc(Br)cc2C)cc1. The Morgan fingerprint density at radius 1 is 1.12 bits per heavy atom. The third-order valence-corrected chi connectivity index (χ3v) is 4.27. The van der Waals surface area contributed by atoms with Gasteiger partial charge in [0, 0.05) is 22.8 Å². The van der Waals surface area contributed by atoms with Crippen molar-refractivity contribution in [2.75, 3.05) is 16.8 Å². The summed E-state index contributed by atoms with van der Waals surface area (Å²) >= 11 is 3.41. The van der Waals surface area contributed by atoms with Crippen LogP contribution in [0.4, 0.5) is 11.4 Å². The molecule has 0 unspecified atom stereocenters. The first kappa shape index (κ1) is 18.2. The molecule has 0 saturated carbocycles. The summed E-state index contributed by atoms with van der Waals surface area (Å²) in [6.45, 7) is 5.44. The summed E-state index contributed by atoms with van der Waals surface area (Å²) in [5, 5.41) is 2.84. The molecule has 1 N–H and O–H groups in total. The van der Waals surface area contributed by atoms with Gasteiger partial charge < -0.3 is 10.2 Å². The monoisotopic (exact) mass is 388 g/mol. The highest BCUT2D eigenvalue weighted by atomic mass is 79.9. The van der Waals surface area contributed by atoms with Crippen LogP contribution in [0.2, 0.25) is 0 Å². The number of nitrogens with zero attached hydrogens (tertiary/aromatic N) is 1. The standard InChI is InChI=1S/C19H21BrN2O2/c1-4-15-5-8-17(9-6-15)21-19(24)12-22(14(3)23)18-10-7-16(20)11-13(18)2/h5-11H,4,12H2,1-3H3,(H,21,24). The molecule has 2 amide bonds. The lowest BCUT2D eigenvalue weighted by atomic mass is 10.1. The maximum atomic E-state index is 12.3. The fourth-order valence-electron chi connectivity index (χ4n) is 2.46. The van der Waals surface area contributed by atoms with Crippen LogP contribution in [0.25, 0.3) is 0 Å². The maximum Gasteiger partial charge on any atom is 0.244 e. The Kier molecular flexibility index (Phi) is 6.15. The van der Waals surface area contributed by atoms with Gasteiger partial charge in [-0.2, -0.15) is 0 Å². The molecule has 0 fully saturated rings. The molecule has 0 heterocycles. The summed E-state index contributed by atoms with van der Waals surface area (Å²) < 4.78 is 0.938. The quantitative estimate of drug-likeness (QED) is 0.829. The predicted molar refractivity (Wildman–Crippen MR) is 101 cm³/mol. The molecule has 5 heteroatoms. The van der Waals surface area contributed by atoms with E-state index < -0.39 is 0 Å². The van der Waals surface area contributed by atoms with Crippen molar-refractivity contribution >= 4 is 39.1 Å². The van der Waals surface area contributed by atoms with E-state index in [4.69, 9.17) is 0 Å². The fraction of sp³-hybridized carbons (Fsp3) is 0.263. The van der Waals surface area contributed by atoms with Crippen LogP contribution in [0.1, 0.15) is 25.0 Å². The van der Waals surface area contributed by atoms with Crippen LogP contribution in [-0.4, -0.2) is 18.4 Å². The smallest absolute Gasteiger partial charge is 0.244 e. The van der Waals surface area contributed by atoms with Gasteiger partial charge in [-0.05, 0) is 54.8 Å². The Balaban J connectivity index is 2.12. The van der Waals surface area contributed by atoms with E-state index in [1.165, 1.54) is 17.4 Å². The minimum Gasteiger partial charge on any atom is -0.325 e. The van der Waals surface area contributed by atoms with Gasteiger partial charge in [0.1, 0.15) is 6.54 Å². The maximum absolute atomic E-state index is 12.3. The highest BCUT2D eigenvalue weighted by Gasteiger charge is 2.17. The molecular formula is C19H21BrN2O2. The fourth-order valence-corrected chi connectivity index (χ4v) is 2.93. The van der Waals surface area contributed by atoms with Gasteiger partial charge in [-0.15, -0.1) is 0 Å². The molecule has 126 valence electrons. The van der Waals surface area contributed by atoms with Gasteiger partial charge in [0.15, 0.2) is 0 Å². The first-order chi connectivity index (χ1) is 11.4. The summed E-state index contributed by atoms with van der Waals surface area (Å²) in [6, 6.07) is 13.3. The summed E-state index contributed by atoms with van der Waals surface area (Å²) in [6.07, 6.45) is 0.954. The number of halogens is 1. The van der Waals surface area contributed by atoms with Gasteiger partial charge in [0.25, 0.3) is 0 Å². The Labute approximate surface area is 151 Å². The van der Waals surface area contributed by atoms with Crippen molar-refractivity contribution in [2.24, 2.45) is 0 Å². The molecule has 0 atom stereocenters. The molecule has 0 spiro atoms. The second-order valence-electron chi connectivity index (χ2n) is 5.63. The molecule has 0 aromatic heterocycles. The topological polar surface area (TPSA) is 49.4 Å². The first-order valence-corrected chi connectivity index (χ1v) is 8.63. The zero-order chi connectivity index (χ0) is 17.7. The third kappa shape index (κ3) is 4.68. The average Bonchev–Trinajstić information content (AvgIpc) is 2.54. The summed E-state index contributed by atoms with van der Waals surface area (Å²) in [7, 11) is 0. The molecule has 0 bridgehead atoms. The molecule has 24 heavy (non-hydrogen) atoms. The van der Waals surface area contributed by atoms with E-state index in [0.29, 0.717) is 0 Å². The normalized spacial score (nSPS) is 10.3. The van der Waals surface area contributed by atoms with Crippen molar-refractivity contribution in [1.82, 2.24) is 0 Å². The number of benzene rings is 2. The van der Waals surface area contributed by atoms with Crippen molar-refractivity contribution in [3.63, 3.8) is 0 Å². The Morgan fingerprint density at radius 2 is 1.79 bits per heavy atom. The number of hydrogen-bond acceptors (Lipinski definition) is 2. The Bertz CT molecular complexity index is 742. The van der Waals surface area contributed by atoms with E-state index in [-0.39, 0.29) is 18.4 Å². The van der Waals surface area contributed by atoms with Gasteiger partial charge in [0.05, 0.1) is 0 Å². The van der Waals surface area contributed by atoms with E-state index in [1.807, 2.05) is 49.4 Å². The molecule has 0 aliphatic heterocycles. The zero-order valence-corrected chi connectivity index (χ0v) is 15.7. The van der Waals surface area contributed by atoms with Gasteiger partial charge in [-0.1, -0.05) is 35.0 Å². The first-order valence-electron chi connectivity index (χ1n) is 7.83. The minimum atomic E-state index is -0.225. The number of aryl methyl sites for hydroxylation is 2. The second-order valence-corrected chi connectivity index (χ2v) is 6.55. The third-order valence-electron chi connectivity index (χ3n) is 3.78. The zero-order valence-electron chi connectivity index (χ0n) is 14.1. The number of anilines is 2. The van der Waals surface area contributed by atoms with Gasteiger partial charge >= 0.3 is 0 Å². The van der Waals surface area contributed by atoms with Gasteiger partial charge in [0.2, 0.25) is 11.8 Å². The molecule has 2 aromatic carbocycles. The second kappa shape index (κ2) is 8.11. The van der Waals surface area contributed by atoms with E-state index in [1.54, 1.807) is 0 Å². The molecule has 0 radical (unpaired) electrons. The van der Waals surface area contributed by atoms with Gasteiger partial charge in [-0.3, -0.25) is 9.59 Å². The van der Waals surface area contributed by atoms with Crippen LogP contribution in [0.5, 0.6) is 0 Å². The number of nitrogens with one attached hydrogen (secondary N) is 1. The molecular weight excluding hydrogens is 368 g/mol. The lowest BCUT2D eigenvalue weighted by molar-refractivity contribution is -0.120. The van der Waals surface area contributed by atoms with Crippen molar-refractivity contribution in [1.29, 1.82) is 0 Å². The molecule has 4 nitrogen and oxygen atoms in total. The van der Waals surface area contributed by atoms with Crippen molar-refractivity contribution < 1.29 is 9.59 Å². The molecule has 0 aliphatic rings. The van der Waals surface area contributed by atoms with Crippen molar-refractivity contribution in [3.8, 4) is 0 Å². The number of carbonyl (C=O) groups is 2. The van der Waals surface area contributed by atoms with Crippen LogP contribution < -0.4 is 10.2 Å². The van der Waals surface area contributed by atoms with Crippen LogP contribution >= 0.6 is 15.9 Å². The molecule has 2 rings (SSSR count). The van der Waals surface area contributed by atoms with Crippen LogP contribution in [0, 0.1) is 6.92 Å². The van der Waals surface area contributed by atoms with E-state index >= 15 is 0 Å². The molecule has 0 aliphatic carbocycles. The summed E-state index contributed by atoms with van der Waals surface area (Å²) in [4.78, 5) is 25.8. The highest BCUT2D eigenvalue weighted by molar-refractivity contribution is 9.10. The predicted octanol–water partition coefficient (Wildman–Crippen LogP) is 4.31. The van der Waals surface area contributed by atoms with E-state index in [9.17, 15) is 9.59 Å². The molecule has 2 aromatic rings. The summed E-state index contributed by atoms with van der Waals surface area (Å²) in [5.74, 6) is -0.395. The van der Waals surface area contributed by atoms with E-state index in [2.05, 4.69) is 28.2 Å².